The fraction of sp³-hybridized carbons (Fsp3) is 0.348. The second-order valence-corrected chi connectivity index (χ2v) is 8.69. The highest BCUT2D eigenvalue weighted by Gasteiger charge is 2.28. The molecular weight excluding hydrogens is 446 g/mol. The summed E-state index contributed by atoms with van der Waals surface area (Å²) in [7, 11) is 1.78. The molecule has 0 aliphatic carbocycles. The van der Waals surface area contributed by atoms with Crippen LogP contribution in [0.5, 0.6) is 0 Å². The molecule has 0 radical (unpaired) electrons. The molecule has 2 aromatic carbocycles. The molecule has 6 nitrogen and oxygen atoms in total. The molecule has 0 N–H and O–H groups in total. The number of fused-ring (bicyclic) bond motifs is 2. The first-order valence-corrected chi connectivity index (χ1v) is 11.0. The van der Waals surface area contributed by atoms with Gasteiger partial charge in [-0.05, 0) is 41.8 Å². The molecule has 4 rings (SSSR count). The normalized spacial score (nSPS) is 14.4. The number of hydrogen-bond donors (Lipinski definition) is 0. The van der Waals surface area contributed by atoms with E-state index in [4.69, 9.17) is 0 Å². The number of likely N-dealkylation sites (N-methyl/N-ethyl adjacent to an activating group) is 1. The SMILES string of the molecule is CCCC(CC=O)n1c(=O)n(Cc2cc(Br)cc3c2N(C)C(=O)C3)c2ccccc21. The van der Waals surface area contributed by atoms with Crippen molar-refractivity contribution < 1.29 is 9.59 Å². The van der Waals surface area contributed by atoms with Crippen LogP contribution in [0.2, 0.25) is 0 Å². The quantitative estimate of drug-likeness (QED) is 0.490. The number of nitrogens with zero attached hydrogens (tertiary/aromatic N) is 3. The number of carbonyl (C=O) groups is 2. The molecule has 0 saturated heterocycles. The van der Waals surface area contributed by atoms with Crippen molar-refractivity contribution in [3.63, 3.8) is 0 Å². The number of amides is 1. The molecule has 2 heterocycles. The van der Waals surface area contributed by atoms with Crippen molar-refractivity contribution in [3.8, 4) is 0 Å². The lowest BCUT2D eigenvalue weighted by Crippen LogP contribution is -2.29. The summed E-state index contributed by atoms with van der Waals surface area (Å²) in [6.45, 7) is 2.41. The summed E-state index contributed by atoms with van der Waals surface area (Å²) in [5.74, 6) is 0.0492. The fourth-order valence-corrected chi connectivity index (χ4v) is 5.07. The van der Waals surface area contributed by atoms with Crippen molar-refractivity contribution >= 4 is 44.8 Å². The Labute approximate surface area is 183 Å². The maximum atomic E-state index is 13.5. The van der Waals surface area contributed by atoms with Crippen LogP contribution in [0, 0.1) is 0 Å². The molecule has 30 heavy (non-hydrogen) atoms. The number of imidazole rings is 1. The van der Waals surface area contributed by atoms with Gasteiger partial charge in [0.25, 0.3) is 0 Å². The summed E-state index contributed by atoms with van der Waals surface area (Å²) in [6.07, 6.45) is 3.21. The minimum absolute atomic E-state index is 0.0492. The average molecular weight is 470 g/mol. The number of hydrogen-bond acceptors (Lipinski definition) is 3. The van der Waals surface area contributed by atoms with Gasteiger partial charge in [-0.3, -0.25) is 13.9 Å². The first-order valence-electron chi connectivity index (χ1n) is 10.2. The van der Waals surface area contributed by atoms with Crippen molar-refractivity contribution in [1.82, 2.24) is 9.13 Å². The van der Waals surface area contributed by atoms with E-state index in [1.165, 1.54) is 0 Å². The molecule has 1 atom stereocenters. The van der Waals surface area contributed by atoms with E-state index < -0.39 is 0 Å². The third kappa shape index (κ3) is 3.41. The van der Waals surface area contributed by atoms with E-state index >= 15 is 0 Å². The van der Waals surface area contributed by atoms with Crippen LogP contribution >= 0.6 is 15.9 Å². The predicted molar refractivity (Wildman–Crippen MR) is 121 cm³/mol. The number of anilines is 1. The van der Waals surface area contributed by atoms with Crippen LogP contribution in [0.25, 0.3) is 11.0 Å². The topological polar surface area (TPSA) is 64.3 Å². The van der Waals surface area contributed by atoms with Gasteiger partial charge in [0, 0.05) is 24.0 Å². The maximum absolute atomic E-state index is 13.5. The largest absolute Gasteiger partial charge is 0.329 e. The zero-order valence-electron chi connectivity index (χ0n) is 17.1. The van der Waals surface area contributed by atoms with Gasteiger partial charge in [-0.15, -0.1) is 0 Å². The van der Waals surface area contributed by atoms with Crippen molar-refractivity contribution in [3.05, 3.63) is 62.5 Å². The molecule has 0 fully saturated rings. The maximum Gasteiger partial charge on any atom is 0.329 e. The molecule has 156 valence electrons. The van der Waals surface area contributed by atoms with Gasteiger partial charge in [0.15, 0.2) is 0 Å². The second kappa shape index (κ2) is 8.22. The van der Waals surface area contributed by atoms with E-state index in [1.54, 1.807) is 21.1 Å². The van der Waals surface area contributed by atoms with E-state index in [0.717, 1.165) is 51.4 Å². The number of para-hydroxylation sites is 2. The summed E-state index contributed by atoms with van der Waals surface area (Å²) in [5.41, 5.74) is 4.30. The number of benzene rings is 2. The molecule has 1 amide bonds. The van der Waals surface area contributed by atoms with Gasteiger partial charge in [-0.2, -0.15) is 0 Å². The zero-order chi connectivity index (χ0) is 21.4. The van der Waals surface area contributed by atoms with Gasteiger partial charge in [0.2, 0.25) is 5.91 Å². The monoisotopic (exact) mass is 469 g/mol. The standard InChI is InChI=1S/C23H24BrN3O3/c1-3-6-18(9-10-28)27-20-8-5-4-7-19(20)26(23(27)30)14-16-12-17(24)11-15-13-21(29)25(2)22(15)16/h4-5,7-8,10-12,18H,3,6,9,13-14H2,1-2H3. The highest BCUT2D eigenvalue weighted by Crippen LogP contribution is 2.35. The van der Waals surface area contributed by atoms with Gasteiger partial charge in [0.1, 0.15) is 6.29 Å². The highest BCUT2D eigenvalue weighted by atomic mass is 79.9. The molecule has 1 unspecified atom stereocenters. The Hall–Kier alpha value is -2.67. The van der Waals surface area contributed by atoms with Crippen LogP contribution in [0.15, 0.2) is 45.7 Å². The Morgan fingerprint density at radius 2 is 1.90 bits per heavy atom. The molecule has 1 aliphatic rings. The summed E-state index contributed by atoms with van der Waals surface area (Å²) in [6, 6.07) is 11.5. The van der Waals surface area contributed by atoms with Gasteiger partial charge >= 0.3 is 5.69 Å². The van der Waals surface area contributed by atoms with Gasteiger partial charge in [0.05, 0.1) is 29.7 Å². The average Bonchev–Trinajstić information content (AvgIpc) is 3.15. The third-order valence-electron chi connectivity index (χ3n) is 5.84. The Morgan fingerprint density at radius 1 is 1.17 bits per heavy atom. The van der Waals surface area contributed by atoms with Crippen LogP contribution in [0.4, 0.5) is 5.69 Å². The van der Waals surface area contributed by atoms with Crippen molar-refractivity contribution in [2.45, 2.75) is 45.2 Å². The lowest BCUT2D eigenvalue weighted by molar-refractivity contribution is -0.117. The molecule has 0 saturated carbocycles. The molecule has 1 aliphatic heterocycles. The van der Waals surface area contributed by atoms with Gasteiger partial charge in [-0.1, -0.05) is 41.4 Å². The lowest BCUT2D eigenvalue weighted by atomic mass is 10.1. The molecule has 0 spiro atoms. The summed E-state index contributed by atoms with van der Waals surface area (Å²) in [4.78, 5) is 38.8. The van der Waals surface area contributed by atoms with Crippen LogP contribution in [-0.4, -0.2) is 28.4 Å². The summed E-state index contributed by atoms with van der Waals surface area (Å²) >= 11 is 3.55. The number of aldehydes is 1. The smallest absolute Gasteiger partial charge is 0.315 e. The van der Waals surface area contributed by atoms with Crippen LogP contribution in [-0.2, 0) is 22.6 Å². The van der Waals surface area contributed by atoms with E-state index in [2.05, 4.69) is 22.9 Å². The molecule has 7 heteroatoms. The molecule has 3 aromatic rings. The Morgan fingerprint density at radius 3 is 2.60 bits per heavy atom. The van der Waals surface area contributed by atoms with Crippen LogP contribution in [0.1, 0.15) is 43.4 Å². The van der Waals surface area contributed by atoms with Crippen molar-refractivity contribution in [2.24, 2.45) is 0 Å². The van der Waals surface area contributed by atoms with E-state index in [-0.39, 0.29) is 17.6 Å². The Bertz CT molecular complexity index is 1190. The Kier molecular flexibility index (Phi) is 5.64. The number of halogens is 1. The fourth-order valence-electron chi connectivity index (χ4n) is 4.51. The van der Waals surface area contributed by atoms with Gasteiger partial charge < -0.3 is 9.69 Å². The summed E-state index contributed by atoms with van der Waals surface area (Å²) < 4.78 is 4.41. The first kappa shape index (κ1) is 20.6. The van der Waals surface area contributed by atoms with Crippen LogP contribution < -0.4 is 10.6 Å². The van der Waals surface area contributed by atoms with Crippen LogP contribution in [0.3, 0.4) is 0 Å². The Balaban J connectivity index is 1.88. The minimum Gasteiger partial charge on any atom is -0.315 e. The van der Waals surface area contributed by atoms with E-state index in [9.17, 15) is 14.4 Å². The second-order valence-electron chi connectivity index (χ2n) is 7.77. The molecular formula is C23H24BrN3O3. The predicted octanol–water partition coefficient (Wildman–Crippen LogP) is 4.06. The molecule has 0 bridgehead atoms. The van der Waals surface area contributed by atoms with Crippen molar-refractivity contribution in [2.75, 3.05) is 11.9 Å². The highest BCUT2D eigenvalue weighted by molar-refractivity contribution is 9.10. The first-order chi connectivity index (χ1) is 14.5. The number of aromatic nitrogens is 2. The van der Waals surface area contributed by atoms with E-state index in [1.807, 2.05) is 36.4 Å². The third-order valence-corrected chi connectivity index (χ3v) is 6.29. The number of carbonyl (C=O) groups excluding carboxylic acids is 2. The summed E-state index contributed by atoms with van der Waals surface area (Å²) in [5, 5.41) is 0. The van der Waals surface area contributed by atoms with E-state index in [0.29, 0.717) is 19.4 Å². The number of rotatable bonds is 7. The zero-order valence-corrected chi connectivity index (χ0v) is 18.7. The van der Waals surface area contributed by atoms with Gasteiger partial charge in [-0.25, -0.2) is 4.79 Å². The molecule has 1 aromatic heterocycles. The lowest BCUT2D eigenvalue weighted by Gasteiger charge is -2.17. The van der Waals surface area contributed by atoms with Crippen molar-refractivity contribution in [1.29, 1.82) is 0 Å². The minimum atomic E-state index is -0.163.